The summed E-state index contributed by atoms with van der Waals surface area (Å²) in [5, 5.41) is 28.2. The third kappa shape index (κ3) is 10.4. The van der Waals surface area contributed by atoms with Gasteiger partial charge in [-0.15, -0.1) is 22.7 Å². The van der Waals surface area contributed by atoms with Crippen LogP contribution in [0.2, 0.25) is 0 Å². The van der Waals surface area contributed by atoms with Gasteiger partial charge in [-0.25, -0.2) is 0 Å². The number of fused-ring (bicyclic) bond motifs is 27. The van der Waals surface area contributed by atoms with Crippen LogP contribution in [-0.2, 0) is 6.42 Å². The summed E-state index contributed by atoms with van der Waals surface area (Å²) < 4.78 is 5.28. The predicted octanol–water partition coefficient (Wildman–Crippen LogP) is 33.4. The van der Waals surface area contributed by atoms with Crippen LogP contribution in [0.1, 0.15) is 11.1 Å². The molecule has 0 amide bonds. The van der Waals surface area contributed by atoms with Crippen molar-refractivity contribution >= 4 is 160 Å². The van der Waals surface area contributed by atoms with Crippen LogP contribution in [0.5, 0.6) is 0 Å². The first-order chi connectivity index (χ1) is 58.0. The average Bonchev–Trinajstić information content (AvgIpc) is 1.66. The molecular weight excluding hydrogens is 1450 g/mol. The summed E-state index contributed by atoms with van der Waals surface area (Å²) >= 11 is 3.83. The molecule has 0 fully saturated rings. The van der Waals surface area contributed by atoms with Gasteiger partial charge in [0.25, 0.3) is 0 Å². The zero-order valence-electron chi connectivity index (χ0n) is 63.6. The Hall–Kier alpha value is -14.4. The molecule has 25 rings (SSSR count). The van der Waals surface area contributed by atoms with E-state index >= 15 is 0 Å². The molecule has 0 saturated carbocycles. The van der Waals surface area contributed by atoms with Gasteiger partial charge in [0.1, 0.15) is 0 Å². The minimum atomic E-state index is 0.843. The lowest BCUT2D eigenvalue weighted by Crippen LogP contribution is -1.92. The van der Waals surface area contributed by atoms with Crippen molar-refractivity contribution in [1.29, 1.82) is 0 Å². The SMILES string of the molecule is c1ccc(-c2cccc3c2sc2c(-c4cccc(-c5ccc6c7ccccc7c7cc(-c8ccc9c(c8)-c8cc(-c%10cccc(-c%11ccc(-c%12cccc%13c%12sc%12c(-c%14ccc%15c%16ccccc%16c%16ccccc%16c%15c%14)cccc%12%13)cc%11)c%10)cc(-c%10ccc%11c%12ccccc%12c%12ccccc%12c%11c%10)c8C9)ccc7c6c5)c4)cccc23)cc1. The Morgan fingerprint density at radius 3 is 0.829 bits per heavy atom. The van der Waals surface area contributed by atoms with Crippen molar-refractivity contribution < 1.29 is 0 Å². The van der Waals surface area contributed by atoms with E-state index in [-0.39, 0.29) is 0 Å². The van der Waals surface area contributed by atoms with E-state index in [1.807, 2.05) is 22.7 Å². The fourth-order valence-electron chi connectivity index (χ4n) is 20.1. The quantitative estimate of drug-likeness (QED) is 0.126. The van der Waals surface area contributed by atoms with Crippen molar-refractivity contribution in [1.82, 2.24) is 0 Å². The summed E-state index contributed by atoms with van der Waals surface area (Å²) in [7, 11) is 0. The molecule has 540 valence electrons. The van der Waals surface area contributed by atoms with E-state index in [1.54, 1.807) is 0 Å². The van der Waals surface area contributed by atoms with E-state index in [1.165, 1.54) is 260 Å². The van der Waals surface area contributed by atoms with Crippen molar-refractivity contribution in [2.75, 3.05) is 0 Å². The number of hydrogen-bond acceptors (Lipinski definition) is 2. The lowest BCUT2D eigenvalue weighted by Gasteiger charge is -2.16. The minimum Gasteiger partial charge on any atom is -0.134 e. The lowest BCUT2D eigenvalue weighted by molar-refractivity contribution is 1.26. The molecule has 0 aliphatic heterocycles. The molecule has 0 saturated heterocycles. The van der Waals surface area contributed by atoms with Gasteiger partial charge in [-0.1, -0.05) is 346 Å². The van der Waals surface area contributed by atoms with Gasteiger partial charge in [0.15, 0.2) is 0 Å². The highest BCUT2D eigenvalue weighted by Gasteiger charge is 2.27. The first-order valence-electron chi connectivity index (χ1n) is 40.6. The van der Waals surface area contributed by atoms with Crippen LogP contribution in [-0.4, -0.2) is 0 Å². The van der Waals surface area contributed by atoms with Crippen LogP contribution in [0.3, 0.4) is 0 Å². The molecule has 0 radical (unpaired) electrons. The van der Waals surface area contributed by atoms with Gasteiger partial charge in [-0.2, -0.15) is 0 Å². The highest BCUT2D eigenvalue weighted by molar-refractivity contribution is 7.27. The summed E-state index contributed by atoms with van der Waals surface area (Å²) in [6.45, 7) is 0. The maximum atomic E-state index is 2.50. The number of rotatable bonds is 9. The molecule has 1 aliphatic carbocycles. The average molecular weight is 1510 g/mol. The lowest BCUT2D eigenvalue weighted by atomic mass is 9.87. The Morgan fingerprint density at radius 2 is 0.376 bits per heavy atom. The summed E-state index contributed by atoms with van der Waals surface area (Å²) in [6.07, 6.45) is 0.843. The van der Waals surface area contributed by atoms with Crippen molar-refractivity contribution in [3.63, 3.8) is 0 Å². The molecule has 0 unspecified atom stereocenters. The van der Waals surface area contributed by atoms with Crippen LogP contribution < -0.4 is 0 Å². The Labute approximate surface area is 684 Å². The Morgan fingerprint density at radius 1 is 0.128 bits per heavy atom. The summed E-state index contributed by atoms with van der Waals surface area (Å²) in [4.78, 5) is 0. The van der Waals surface area contributed by atoms with E-state index in [0.717, 1.165) is 6.42 Å². The van der Waals surface area contributed by atoms with Crippen LogP contribution >= 0.6 is 22.7 Å². The van der Waals surface area contributed by atoms with Gasteiger partial charge in [0, 0.05) is 40.3 Å². The normalized spacial score (nSPS) is 12.2. The van der Waals surface area contributed by atoms with Crippen LogP contribution in [0.15, 0.2) is 400 Å². The zero-order valence-corrected chi connectivity index (χ0v) is 65.3. The van der Waals surface area contributed by atoms with E-state index in [2.05, 4.69) is 400 Å². The van der Waals surface area contributed by atoms with E-state index in [4.69, 9.17) is 0 Å². The molecule has 24 aromatic rings. The fraction of sp³-hybridized carbons (Fsp3) is 0.00870. The molecule has 0 atom stereocenters. The van der Waals surface area contributed by atoms with Gasteiger partial charge >= 0.3 is 0 Å². The molecule has 2 aromatic heterocycles. The number of benzene rings is 22. The van der Waals surface area contributed by atoms with Crippen molar-refractivity contribution in [3.8, 4) is 111 Å². The smallest absolute Gasteiger partial charge is 0.0434 e. The second-order valence-corrected chi connectivity index (χ2v) is 33.9. The molecule has 2 heteroatoms. The molecule has 117 heavy (non-hydrogen) atoms. The van der Waals surface area contributed by atoms with Crippen molar-refractivity contribution in [2.24, 2.45) is 0 Å². The summed E-state index contributed by atoms with van der Waals surface area (Å²) in [5.74, 6) is 0. The van der Waals surface area contributed by atoms with E-state index in [0.29, 0.717) is 0 Å². The van der Waals surface area contributed by atoms with Crippen molar-refractivity contribution in [3.05, 3.63) is 412 Å². The van der Waals surface area contributed by atoms with Crippen LogP contribution in [0.4, 0.5) is 0 Å². The largest absolute Gasteiger partial charge is 0.134 e. The molecule has 22 aromatic carbocycles. The number of hydrogen-bond donors (Lipinski definition) is 0. The maximum absolute atomic E-state index is 2.50. The molecule has 0 spiro atoms. The van der Waals surface area contributed by atoms with Gasteiger partial charge in [-0.3, -0.25) is 0 Å². The van der Waals surface area contributed by atoms with Crippen molar-refractivity contribution in [2.45, 2.75) is 6.42 Å². The van der Waals surface area contributed by atoms with Crippen LogP contribution in [0, 0.1) is 0 Å². The monoisotopic (exact) mass is 1510 g/mol. The fourth-order valence-corrected chi connectivity index (χ4v) is 22.8. The Bertz CT molecular complexity index is 8330. The number of thiophene rings is 2. The molecule has 0 N–H and O–H groups in total. The third-order valence-corrected chi connectivity index (χ3v) is 28.2. The Balaban J connectivity index is 0.582. The highest BCUT2D eigenvalue weighted by atomic mass is 32.1. The van der Waals surface area contributed by atoms with Gasteiger partial charge in [-0.05, 0) is 280 Å². The van der Waals surface area contributed by atoms with Gasteiger partial charge in [0.2, 0.25) is 0 Å². The van der Waals surface area contributed by atoms with Crippen LogP contribution in [0.25, 0.3) is 249 Å². The molecule has 1 aliphatic rings. The standard InChI is InChI=1S/C115H68S2/c1-2-20-69(21-3-1)82-36-16-40-100-102-42-18-38-84(114(102)116-112(82)100)77-25-15-23-72(59-77)75-50-54-96-92-32-10-13-35-95(92)106-62-76(51-55-99(106)107(96)61-75)74-48-49-79-65-110-105(80-53-57-98-91-31-7-5-27-87(91)89-29-9-12-34-94(89)109(98)64-80)66-81(67-111(110)104(79)60-74)73-24-14-22-71(58-73)68-44-46-70(47-45-68)83-37-17-41-101-103-43-19-39-85(115(103)117-113(83)101)78-52-56-97-90-30-6-4-26-86(90)88-28-8-11-33-93(88)108(97)63-78/h1-64,66-67H,65H2. The van der Waals surface area contributed by atoms with E-state index in [9.17, 15) is 0 Å². The first-order valence-corrected chi connectivity index (χ1v) is 42.2. The van der Waals surface area contributed by atoms with Gasteiger partial charge < -0.3 is 0 Å². The highest BCUT2D eigenvalue weighted by Crippen LogP contribution is 2.52. The van der Waals surface area contributed by atoms with Gasteiger partial charge in [0.05, 0.1) is 0 Å². The minimum absolute atomic E-state index is 0.843. The molecule has 2 heterocycles. The summed E-state index contributed by atoms with van der Waals surface area (Å²) in [5.41, 5.74) is 27.4. The first kappa shape index (κ1) is 66.1. The van der Waals surface area contributed by atoms with E-state index < -0.39 is 0 Å². The second-order valence-electron chi connectivity index (χ2n) is 31.9. The zero-order chi connectivity index (χ0) is 76.5. The summed E-state index contributed by atoms with van der Waals surface area (Å²) in [6, 6.07) is 152. The third-order valence-electron chi connectivity index (χ3n) is 25.7. The molecular formula is C115H68S2. The molecule has 0 nitrogen and oxygen atoms in total. The molecule has 0 bridgehead atoms. The maximum Gasteiger partial charge on any atom is 0.0434 e. The topological polar surface area (TPSA) is 0 Å². The Kier molecular flexibility index (Phi) is 14.7. The second kappa shape index (κ2) is 26.1. The predicted molar refractivity (Wildman–Crippen MR) is 507 cm³/mol.